The van der Waals surface area contributed by atoms with Crippen LogP contribution in [-0.2, 0) is 4.43 Å². The zero-order valence-electron chi connectivity index (χ0n) is 7.10. The Bertz CT molecular complexity index is 447. The lowest BCUT2D eigenvalue weighted by Crippen LogP contribution is -1.73. The van der Waals surface area contributed by atoms with Crippen LogP contribution in [0.2, 0.25) is 5.02 Å². The third-order valence-corrected chi connectivity index (χ3v) is 4.91. The second-order valence-corrected chi connectivity index (χ2v) is 5.26. The monoisotopic (exact) mass is 322 g/mol. The SMILES string of the molecule is Cc1c(CI)sc2ccc(Cl)cc12. The Labute approximate surface area is 100 Å². The summed E-state index contributed by atoms with van der Waals surface area (Å²) in [5, 5.41) is 2.14. The van der Waals surface area contributed by atoms with Gasteiger partial charge in [0.05, 0.1) is 0 Å². The van der Waals surface area contributed by atoms with Gasteiger partial charge in [-0.2, -0.15) is 0 Å². The highest BCUT2D eigenvalue weighted by Crippen LogP contribution is 2.33. The van der Waals surface area contributed by atoms with Gasteiger partial charge in [0.25, 0.3) is 0 Å². The van der Waals surface area contributed by atoms with Crippen LogP contribution in [0.3, 0.4) is 0 Å². The normalized spacial score (nSPS) is 11.0. The van der Waals surface area contributed by atoms with Gasteiger partial charge >= 0.3 is 0 Å². The molecule has 0 unspecified atom stereocenters. The van der Waals surface area contributed by atoms with Gasteiger partial charge in [-0.1, -0.05) is 34.2 Å². The van der Waals surface area contributed by atoms with E-state index in [1.54, 1.807) is 0 Å². The molecule has 68 valence electrons. The molecule has 13 heavy (non-hydrogen) atoms. The summed E-state index contributed by atoms with van der Waals surface area (Å²) in [6.07, 6.45) is 0. The summed E-state index contributed by atoms with van der Waals surface area (Å²) < 4.78 is 2.43. The topological polar surface area (TPSA) is 0 Å². The van der Waals surface area contributed by atoms with E-state index in [0.29, 0.717) is 0 Å². The van der Waals surface area contributed by atoms with E-state index in [2.05, 4.69) is 41.6 Å². The summed E-state index contributed by atoms with van der Waals surface area (Å²) in [5.41, 5.74) is 1.39. The van der Waals surface area contributed by atoms with Crippen molar-refractivity contribution >= 4 is 55.6 Å². The Morgan fingerprint density at radius 2 is 2.23 bits per heavy atom. The second kappa shape index (κ2) is 3.75. The van der Waals surface area contributed by atoms with Crippen LogP contribution in [0.15, 0.2) is 18.2 Å². The van der Waals surface area contributed by atoms with Crippen LogP contribution in [-0.4, -0.2) is 0 Å². The molecular formula is C10H8ClIS. The van der Waals surface area contributed by atoms with Crippen molar-refractivity contribution in [3.8, 4) is 0 Å². The van der Waals surface area contributed by atoms with Crippen molar-refractivity contribution in [3.63, 3.8) is 0 Å². The number of rotatable bonds is 1. The van der Waals surface area contributed by atoms with Gasteiger partial charge in [-0.25, -0.2) is 0 Å². The number of hydrogen-bond donors (Lipinski definition) is 0. The predicted octanol–water partition coefficient (Wildman–Crippen LogP) is 4.80. The van der Waals surface area contributed by atoms with E-state index in [1.807, 2.05) is 17.4 Å². The fourth-order valence-electron chi connectivity index (χ4n) is 1.37. The lowest BCUT2D eigenvalue weighted by molar-refractivity contribution is 1.46. The standard InChI is InChI=1S/C10H8ClIS/c1-6-8-4-7(11)2-3-9(8)13-10(6)5-12/h2-4H,5H2,1H3. The minimum atomic E-state index is 0.827. The molecule has 1 aromatic heterocycles. The number of thiophene rings is 1. The molecule has 0 nitrogen and oxygen atoms in total. The molecule has 0 atom stereocenters. The van der Waals surface area contributed by atoms with Crippen LogP contribution >= 0.6 is 45.5 Å². The fraction of sp³-hybridized carbons (Fsp3) is 0.200. The Hall–Kier alpha value is 0.200. The highest BCUT2D eigenvalue weighted by molar-refractivity contribution is 14.1. The smallest absolute Gasteiger partial charge is 0.0413 e. The maximum atomic E-state index is 5.95. The van der Waals surface area contributed by atoms with Crippen molar-refractivity contribution < 1.29 is 0 Å². The highest BCUT2D eigenvalue weighted by Gasteiger charge is 2.06. The van der Waals surface area contributed by atoms with E-state index in [-0.39, 0.29) is 0 Å². The van der Waals surface area contributed by atoms with Gasteiger partial charge in [-0.05, 0) is 36.1 Å². The van der Waals surface area contributed by atoms with Gasteiger partial charge in [-0.15, -0.1) is 11.3 Å². The molecule has 2 aromatic rings. The maximum absolute atomic E-state index is 5.95. The molecule has 0 spiro atoms. The number of fused-ring (bicyclic) bond motifs is 1. The second-order valence-electron chi connectivity index (χ2n) is 2.92. The average Bonchev–Trinajstić information content (AvgIpc) is 2.44. The van der Waals surface area contributed by atoms with E-state index in [9.17, 15) is 0 Å². The Kier molecular flexibility index (Phi) is 2.81. The van der Waals surface area contributed by atoms with Crippen LogP contribution in [0.1, 0.15) is 10.4 Å². The lowest BCUT2D eigenvalue weighted by atomic mass is 10.2. The predicted molar refractivity (Wildman–Crippen MR) is 69.3 cm³/mol. The summed E-state index contributed by atoms with van der Waals surface area (Å²) in [6, 6.07) is 6.11. The van der Waals surface area contributed by atoms with Crippen molar-refractivity contribution in [2.45, 2.75) is 11.4 Å². The van der Waals surface area contributed by atoms with Crippen molar-refractivity contribution in [3.05, 3.63) is 33.7 Å². The number of alkyl halides is 1. The van der Waals surface area contributed by atoms with Crippen LogP contribution in [0, 0.1) is 6.92 Å². The number of aryl methyl sites for hydroxylation is 1. The van der Waals surface area contributed by atoms with Crippen molar-refractivity contribution in [2.75, 3.05) is 0 Å². The molecular weight excluding hydrogens is 315 g/mol. The maximum Gasteiger partial charge on any atom is 0.0413 e. The molecule has 0 bridgehead atoms. The Morgan fingerprint density at radius 3 is 2.92 bits per heavy atom. The van der Waals surface area contributed by atoms with Crippen LogP contribution in [0.5, 0.6) is 0 Å². The zero-order chi connectivity index (χ0) is 9.42. The van der Waals surface area contributed by atoms with Gasteiger partial charge < -0.3 is 0 Å². The van der Waals surface area contributed by atoms with Gasteiger partial charge in [-0.3, -0.25) is 0 Å². The van der Waals surface area contributed by atoms with Gasteiger partial charge in [0.15, 0.2) is 0 Å². The van der Waals surface area contributed by atoms with E-state index >= 15 is 0 Å². The molecule has 1 heterocycles. The molecule has 0 N–H and O–H groups in total. The molecule has 0 fully saturated rings. The van der Waals surface area contributed by atoms with Crippen LogP contribution in [0.4, 0.5) is 0 Å². The zero-order valence-corrected chi connectivity index (χ0v) is 10.8. The summed E-state index contributed by atoms with van der Waals surface area (Å²) in [6.45, 7) is 2.17. The summed E-state index contributed by atoms with van der Waals surface area (Å²) in [4.78, 5) is 1.46. The average molecular weight is 323 g/mol. The van der Waals surface area contributed by atoms with E-state index in [1.165, 1.54) is 20.5 Å². The van der Waals surface area contributed by atoms with Gasteiger partial charge in [0.1, 0.15) is 0 Å². The Morgan fingerprint density at radius 1 is 1.46 bits per heavy atom. The summed E-state index contributed by atoms with van der Waals surface area (Å²) in [5.74, 6) is 0. The molecule has 2 rings (SSSR count). The third kappa shape index (κ3) is 1.72. The molecule has 3 heteroatoms. The third-order valence-electron chi connectivity index (χ3n) is 2.12. The molecule has 1 aromatic carbocycles. The molecule has 0 radical (unpaired) electrons. The molecule has 0 aliphatic rings. The Balaban J connectivity index is 2.77. The quantitative estimate of drug-likeness (QED) is 0.523. The first kappa shape index (κ1) is 9.74. The molecule has 0 aliphatic heterocycles. The number of hydrogen-bond acceptors (Lipinski definition) is 1. The number of benzene rings is 1. The van der Waals surface area contributed by atoms with Crippen molar-refractivity contribution in [1.82, 2.24) is 0 Å². The highest BCUT2D eigenvalue weighted by atomic mass is 127. The van der Waals surface area contributed by atoms with Gasteiger partial charge in [0, 0.05) is 19.0 Å². The fourth-order valence-corrected chi connectivity index (χ4v) is 3.62. The number of halogens is 2. The first-order valence-electron chi connectivity index (χ1n) is 3.96. The van der Waals surface area contributed by atoms with E-state index in [4.69, 9.17) is 11.6 Å². The molecule has 0 aliphatic carbocycles. The first-order chi connectivity index (χ1) is 6.22. The van der Waals surface area contributed by atoms with Gasteiger partial charge in [0.2, 0.25) is 0 Å². The molecule has 0 saturated carbocycles. The minimum absolute atomic E-state index is 0.827. The van der Waals surface area contributed by atoms with E-state index < -0.39 is 0 Å². The summed E-state index contributed by atoms with van der Waals surface area (Å²) >= 11 is 10.2. The minimum Gasteiger partial charge on any atom is -0.139 e. The van der Waals surface area contributed by atoms with Crippen LogP contribution in [0.25, 0.3) is 10.1 Å². The lowest BCUT2D eigenvalue weighted by Gasteiger charge is -1.93. The summed E-state index contributed by atoms with van der Waals surface area (Å²) in [7, 11) is 0. The largest absolute Gasteiger partial charge is 0.139 e. The van der Waals surface area contributed by atoms with E-state index in [0.717, 1.165) is 9.45 Å². The van der Waals surface area contributed by atoms with Crippen molar-refractivity contribution in [1.29, 1.82) is 0 Å². The van der Waals surface area contributed by atoms with Crippen molar-refractivity contribution in [2.24, 2.45) is 0 Å². The molecule has 0 amide bonds. The first-order valence-corrected chi connectivity index (χ1v) is 6.68. The molecule has 0 saturated heterocycles. The van der Waals surface area contributed by atoms with Crippen LogP contribution < -0.4 is 0 Å².